The molecule has 3 aromatic rings. The van der Waals surface area contributed by atoms with Gasteiger partial charge in [0.2, 0.25) is 5.95 Å². The lowest BCUT2D eigenvalue weighted by molar-refractivity contribution is -0.154. The van der Waals surface area contributed by atoms with Gasteiger partial charge in [-0.3, -0.25) is 0 Å². The smallest absolute Gasteiger partial charge is 0.422 e. The van der Waals surface area contributed by atoms with E-state index in [4.69, 9.17) is 0 Å². The highest BCUT2D eigenvalue weighted by Gasteiger charge is 2.31. The molecule has 162 valence electrons. The number of anilines is 2. The molecule has 31 heavy (non-hydrogen) atoms. The molecule has 0 unspecified atom stereocenters. The molecule has 1 aromatic heterocycles. The van der Waals surface area contributed by atoms with Gasteiger partial charge in [-0.25, -0.2) is 0 Å². The van der Waals surface area contributed by atoms with Crippen LogP contribution in [0.5, 0.6) is 6.01 Å². The van der Waals surface area contributed by atoms with Gasteiger partial charge in [-0.15, -0.1) is 0 Å². The molecule has 0 saturated carbocycles. The fraction of sp³-hybridized carbons (Fsp3) is 0.150. The van der Waals surface area contributed by atoms with Crippen LogP contribution in [0.4, 0.5) is 38.0 Å². The number of ether oxygens (including phenoxy) is 1. The van der Waals surface area contributed by atoms with Crippen LogP contribution in [-0.2, 0) is 6.18 Å². The summed E-state index contributed by atoms with van der Waals surface area (Å²) in [5.74, 6) is -0.329. The highest BCUT2D eigenvalue weighted by Crippen LogP contribution is 2.31. The van der Waals surface area contributed by atoms with Crippen LogP contribution in [-0.4, -0.2) is 27.7 Å². The molecule has 1 N–H and O–H groups in total. The maximum absolute atomic E-state index is 12.9. The Morgan fingerprint density at radius 1 is 0.839 bits per heavy atom. The van der Waals surface area contributed by atoms with Gasteiger partial charge in [-0.05, 0) is 29.8 Å². The Morgan fingerprint density at radius 3 is 2.26 bits per heavy atom. The van der Waals surface area contributed by atoms with E-state index >= 15 is 0 Å². The van der Waals surface area contributed by atoms with Crippen molar-refractivity contribution in [2.24, 2.45) is 0 Å². The third kappa shape index (κ3) is 6.98. The van der Waals surface area contributed by atoms with E-state index < -0.39 is 30.5 Å². The molecule has 0 saturated heterocycles. The zero-order chi connectivity index (χ0) is 22.5. The maximum atomic E-state index is 12.9. The van der Waals surface area contributed by atoms with E-state index in [1.54, 1.807) is 36.4 Å². The Hall–Kier alpha value is -3.63. The molecular formula is C20H14F6N4O. The fourth-order valence-electron chi connectivity index (χ4n) is 2.35. The second-order valence-electron chi connectivity index (χ2n) is 6.15. The molecule has 0 aliphatic carbocycles. The van der Waals surface area contributed by atoms with Crippen molar-refractivity contribution < 1.29 is 31.1 Å². The molecule has 0 atom stereocenters. The van der Waals surface area contributed by atoms with Crippen molar-refractivity contribution in [2.75, 3.05) is 11.9 Å². The normalized spacial score (nSPS) is 12.2. The number of rotatable bonds is 6. The van der Waals surface area contributed by atoms with Crippen molar-refractivity contribution in [2.45, 2.75) is 12.4 Å². The van der Waals surface area contributed by atoms with Crippen LogP contribution in [0.1, 0.15) is 17.0 Å². The monoisotopic (exact) mass is 440 g/mol. The van der Waals surface area contributed by atoms with E-state index in [-0.39, 0.29) is 17.5 Å². The lowest BCUT2D eigenvalue weighted by Crippen LogP contribution is -2.20. The standard InChI is InChI=1S/C20H14F6N4O/c21-19(22,23)12-31-18-29-16(10-9-13-5-2-1-3-6-13)28-17(30-18)27-15-8-4-7-14(11-15)20(24,25)26/h1-11H,12H2,(H,27,28,29,30). The number of hydrogen-bond donors (Lipinski definition) is 1. The molecule has 0 fully saturated rings. The molecular weight excluding hydrogens is 426 g/mol. The second-order valence-corrected chi connectivity index (χ2v) is 6.15. The maximum Gasteiger partial charge on any atom is 0.422 e. The molecule has 2 aromatic carbocycles. The third-order valence-electron chi connectivity index (χ3n) is 3.67. The van der Waals surface area contributed by atoms with Gasteiger partial charge < -0.3 is 10.1 Å². The second kappa shape index (κ2) is 9.02. The summed E-state index contributed by atoms with van der Waals surface area (Å²) < 4.78 is 80.7. The number of nitrogens with zero attached hydrogens (tertiary/aromatic N) is 3. The van der Waals surface area contributed by atoms with Crippen molar-refractivity contribution in [3.8, 4) is 6.01 Å². The lowest BCUT2D eigenvalue weighted by atomic mass is 10.2. The summed E-state index contributed by atoms with van der Waals surface area (Å²) in [6.07, 6.45) is -6.17. The van der Waals surface area contributed by atoms with Crippen molar-refractivity contribution in [1.82, 2.24) is 15.0 Å². The zero-order valence-electron chi connectivity index (χ0n) is 15.6. The Bertz CT molecular complexity index is 1050. The topological polar surface area (TPSA) is 59.9 Å². The molecule has 1 heterocycles. The van der Waals surface area contributed by atoms with Crippen LogP contribution >= 0.6 is 0 Å². The summed E-state index contributed by atoms with van der Waals surface area (Å²) in [6.45, 7) is -1.64. The van der Waals surface area contributed by atoms with E-state index in [2.05, 4.69) is 25.0 Å². The third-order valence-corrected chi connectivity index (χ3v) is 3.67. The van der Waals surface area contributed by atoms with Crippen LogP contribution in [0.2, 0.25) is 0 Å². The Morgan fingerprint density at radius 2 is 1.58 bits per heavy atom. The predicted molar refractivity (Wildman–Crippen MR) is 101 cm³/mol. The van der Waals surface area contributed by atoms with Crippen LogP contribution in [0, 0.1) is 0 Å². The van der Waals surface area contributed by atoms with E-state index in [0.717, 1.165) is 17.7 Å². The van der Waals surface area contributed by atoms with Crippen LogP contribution in [0.25, 0.3) is 12.2 Å². The van der Waals surface area contributed by atoms with Crippen LogP contribution in [0.3, 0.4) is 0 Å². The van der Waals surface area contributed by atoms with E-state index in [1.807, 2.05) is 0 Å². The molecule has 0 amide bonds. The SMILES string of the molecule is FC(F)(F)COc1nc(C=Cc2ccccc2)nc(Nc2cccc(C(F)(F)F)c2)n1. The van der Waals surface area contributed by atoms with Crippen molar-refractivity contribution in [1.29, 1.82) is 0 Å². The van der Waals surface area contributed by atoms with E-state index in [9.17, 15) is 26.3 Å². The minimum atomic E-state index is -4.62. The quantitative estimate of drug-likeness (QED) is 0.495. The Labute approximate surface area is 172 Å². The molecule has 0 aliphatic heterocycles. The minimum absolute atomic E-state index is 0.0132. The summed E-state index contributed by atoms with van der Waals surface area (Å²) in [7, 11) is 0. The largest absolute Gasteiger partial charge is 0.454 e. The Kier molecular flexibility index (Phi) is 6.42. The van der Waals surface area contributed by atoms with Gasteiger partial charge in [0.15, 0.2) is 12.4 Å². The van der Waals surface area contributed by atoms with E-state index in [0.29, 0.717) is 0 Å². The first-order valence-electron chi connectivity index (χ1n) is 8.71. The van der Waals surface area contributed by atoms with Gasteiger partial charge >= 0.3 is 18.4 Å². The molecule has 0 aliphatic rings. The summed E-state index contributed by atoms with van der Waals surface area (Å²) in [5, 5.41) is 2.54. The number of nitrogens with one attached hydrogen (secondary N) is 1. The van der Waals surface area contributed by atoms with Gasteiger partial charge in [-0.1, -0.05) is 42.5 Å². The number of halogens is 6. The fourth-order valence-corrected chi connectivity index (χ4v) is 2.35. The van der Waals surface area contributed by atoms with Crippen LogP contribution in [0.15, 0.2) is 54.6 Å². The first kappa shape index (κ1) is 22.1. The van der Waals surface area contributed by atoms with Crippen molar-refractivity contribution >= 4 is 23.8 Å². The van der Waals surface area contributed by atoms with Gasteiger partial charge in [0.05, 0.1) is 5.56 Å². The zero-order valence-corrected chi connectivity index (χ0v) is 15.6. The number of hydrogen-bond acceptors (Lipinski definition) is 5. The first-order valence-corrected chi connectivity index (χ1v) is 8.71. The minimum Gasteiger partial charge on any atom is -0.454 e. The lowest BCUT2D eigenvalue weighted by Gasteiger charge is -2.11. The highest BCUT2D eigenvalue weighted by atomic mass is 19.4. The molecule has 0 bridgehead atoms. The number of alkyl halides is 6. The van der Waals surface area contributed by atoms with Crippen molar-refractivity contribution in [3.05, 3.63) is 71.5 Å². The highest BCUT2D eigenvalue weighted by molar-refractivity contribution is 5.67. The summed E-state index contributed by atoms with van der Waals surface area (Å²) in [4.78, 5) is 11.5. The van der Waals surface area contributed by atoms with Gasteiger partial charge in [0.25, 0.3) is 0 Å². The van der Waals surface area contributed by atoms with Crippen LogP contribution < -0.4 is 10.1 Å². The molecule has 11 heteroatoms. The van der Waals surface area contributed by atoms with Gasteiger partial charge in [0.1, 0.15) is 0 Å². The summed E-state index contributed by atoms with van der Waals surface area (Å²) >= 11 is 0. The number of aromatic nitrogens is 3. The first-order chi connectivity index (χ1) is 14.6. The van der Waals surface area contributed by atoms with E-state index in [1.165, 1.54) is 18.2 Å². The molecule has 0 spiro atoms. The average molecular weight is 440 g/mol. The molecule has 0 radical (unpaired) electrons. The van der Waals surface area contributed by atoms with Gasteiger partial charge in [-0.2, -0.15) is 41.3 Å². The molecule has 5 nitrogen and oxygen atoms in total. The summed E-state index contributed by atoms with van der Waals surface area (Å²) in [6, 6.07) is 12.5. The Balaban J connectivity index is 1.90. The van der Waals surface area contributed by atoms with Gasteiger partial charge in [0, 0.05) is 5.69 Å². The molecule has 3 rings (SSSR count). The number of benzene rings is 2. The van der Waals surface area contributed by atoms with Crippen molar-refractivity contribution in [3.63, 3.8) is 0 Å². The predicted octanol–water partition coefficient (Wildman–Crippen LogP) is 5.75. The average Bonchev–Trinajstić information content (AvgIpc) is 2.71. The summed E-state index contributed by atoms with van der Waals surface area (Å²) in [5.41, 5.74) is -0.154.